The van der Waals surface area contributed by atoms with Crippen molar-refractivity contribution in [3.8, 4) is 0 Å². The number of H-pyrrole nitrogens is 1. The van der Waals surface area contributed by atoms with Crippen LogP contribution in [0.1, 0.15) is 5.69 Å². The molecule has 2 rings (SSSR count). The number of nitrogens with zero attached hydrogens (tertiary/aromatic N) is 2. The minimum atomic E-state index is -0.293. The predicted octanol–water partition coefficient (Wildman–Crippen LogP) is 1.41. The Morgan fingerprint density at radius 3 is 3.18 bits per heavy atom. The van der Waals surface area contributed by atoms with Crippen LogP contribution in [0.2, 0.25) is 0 Å². The van der Waals surface area contributed by atoms with E-state index in [1.165, 1.54) is 6.07 Å². The number of aromatic amines is 1. The smallest absolute Gasteiger partial charge is 0.155 e. The van der Waals surface area contributed by atoms with E-state index < -0.39 is 0 Å². The summed E-state index contributed by atoms with van der Waals surface area (Å²) >= 11 is 0. The van der Waals surface area contributed by atoms with Gasteiger partial charge in [-0.3, -0.25) is 5.10 Å². The van der Waals surface area contributed by atoms with Crippen molar-refractivity contribution in [1.82, 2.24) is 15.2 Å². The highest BCUT2D eigenvalue weighted by molar-refractivity contribution is 5.73. The van der Waals surface area contributed by atoms with Crippen LogP contribution in [0, 0.1) is 12.7 Å². The summed E-state index contributed by atoms with van der Waals surface area (Å²) in [6.07, 6.45) is 1.55. The molecule has 1 N–H and O–H groups in total. The van der Waals surface area contributed by atoms with Gasteiger partial charge in [-0.05, 0) is 13.0 Å². The van der Waals surface area contributed by atoms with Crippen molar-refractivity contribution in [3.05, 3.63) is 23.8 Å². The maximum atomic E-state index is 12.8. The molecule has 3 nitrogen and oxygen atoms in total. The lowest BCUT2D eigenvalue weighted by Crippen LogP contribution is -1.87. The molecule has 0 aliphatic rings. The number of hydrogen-bond acceptors (Lipinski definition) is 2. The Bertz CT molecular complexity index is 357. The molecule has 0 saturated carbocycles. The van der Waals surface area contributed by atoms with Crippen LogP contribution in [-0.4, -0.2) is 15.2 Å². The van der Waals surface area contributed by atoms with Gasteiger partial charge in [0.2, 0.25) is 0 Å². The standard InChI is InChI=1S/C7H6FN3/c1-4-6(8)2-5-3-9-11-7(5)10-4/h2-3H,1H3,(H,9,10,11). The van der Waals surface area contributed by atoms with Crippen molar-refractivity contribution in [3.63, 3.8) is 0 Å². The molecule has 4 heteroatoms. The van der Waals surface area contributed by atoms with E-state index in [-0.39, 0.29) is 5.82 Å². The molecule has 2 aromatic rings. The summed E-state index contributed by atoms with van der Waals surface area (Å²) < 4.78 is 12.8. The Labute approximate surface area is 62.3 Å². The molecule has 0 unspecified atom stereocenters. The third kappa shape index (κ3) is 0.869. The molecule has 2 aromatic heterocycles. The van der Waals surface area contributed by atoms with Crippen LogP contribution in [0.15, 0.2) is 12.3 Å². The topological polar surface area (TPSA) is 41.6 Å². The molecule has 0 amide bonds. The van der Waals surface area contributed by atoms with Crippen molar-refractivity contribution in [2.75, 3.05) is 0 Å². The van der Waals surface area contributed by atoms with Crippen LogP contribution in [0.3, 0.4) is 0 Å². The first-order valence-electron chi connectivity index (χ1n) is 3.23. The molecule has 0 fully saturated rings. The lowest BCUT2D eigenvalue weighted by molar-refractivity contribution is 0.613. The Balaban J connectivity index is 2.86. The predicted molar refractivity (Wildman–Crippen MR) is 38.6 cm³/mol. The second kappa shape index (κ2) is 2.02. The number of nitrogens with one attached hydrogen (secondary N) is 1. The number of fused-ring (bicyclic) bond motifs is 1. The van der Waals surface area contributed by atoms with E-state index >= 15 is 0 Å². The molecule has 2 heterocycles. The van der Waals surface area contributed by atoms with Crippen LogP contribution in [0.25, 0.3) is 11.0 Å². The van der Waals surface area contributed by atoms with Crippen molar-refractivity contribution in [1.29, 1.82) is 0 Å². The first-order chi connectivity index (χ1) is 5.27. The van der Waals surface area contributed by atoms with Gasteiger partial charge >= 0.3 is 0 Å². The lowest BCUT2D eigenvalue weighted by atomic mass is 10.3. The first kappa shape index (κ1) is 6.27. The van der Waals surface area contributed by atoms with Gasteiger partial charge in [0.15, 0.2) is 5.65 Å². The molecule has 0 spiro atoms. The van der Waals surface area contributed by atoms with E-state index in [9.17, 15) is 4.39 Å². The molecule has 0 aliphatic heterocycles. The number of aryl methyl sites for hydroxylation is 1. The second-order valence-electron chi connectivity index (χ2n) is 2.36. The number of pyridine rings is 1. The Hall–Kier alpha value is -1.45. The fourth-order valence-electron chi connectivity index (χ4n) is 0.946. The summed E-state index contributed by atoms with van der Waals surface area (Å²) in [6.45, 7) is 1.62. The molecule has 0 aromatic carbocycles. The van der Waals surface area contributed by atoms with E-state index in [0.29, 0.717) is 16.7 Å². The summed E-state index contributed by atoms with van der Waals surface area (Å²) in [5, 5.41) is 7.09. The highest BCUT2D eigenvalue weighted by Crippen LogP contribution is 2.11. The highest BCUT2D eigenvalue weighted by Gasteiger charge is 2.02. The van der Waals surface area contributed by atoms with Crippen molar-refractivity contribution >= 4 is 11.0 Å². The van der Waals surface area contributed by atoms with E-state index in [1.54, 1.807) is 13.1 Å². The molecule has 56 valence electrons. The number of halogens is 1. The summed E-state index contributed by atoms with van der Waals surface area (Å²) in [6, 6.07) is 1.42. The van der Waals surface area contributed by atoms with E-state index in [2.05, 4.69) is 15.2 Å². The van der Waals surface area contributed by atoms with Crippen LogP contribution in [-0.2, 0) is 0 Å². The van der Waals surface area contributed by atoms with Gasteiger partial charge in [0.25, 0.3) is 0 Å². The fraction of sp³-hybridized carbons (Fsp3) is 0.143. The fourth-order valence-corrected chi connectivity index (χ4v) is 0.946. The normalized spacial score (nSPS) is 10.7. The van der Waals surface area contributed by atoms with Gasteiger partial charge in [-0.1, -0.05) is 0 Å². The van der Waals surface area contributed by atoms with Crippen LogP contribution in [0.4, 0.5) is 4.39 Å². The van der Waals surface area contributed by atoms with Gasteiger partial charge in [0.05, 0.1) is 11.9 Å². The highest BCUT2D eigenvalue weighted by atomic mass is 19.1. The Morgan fingerprint density at radius 1 is 1.55 bits per heavy atom. The van der Waals surface area contributed by atoms with Gasteiger partial charge in [0, 0.05) is 5.39 Å². The molecule has 11 heavy (non-hydrogen) atoms. The Morgan fingerprint density at radius 2 is 2.36 bits per heavy atom. The van der Waals surface area contributed by atoms with Crippen molar-refractivity contribution in [2.24, 2.45) is 0 Å². The second-order valence-corrected chi connectivity index (χ2v) is 2.36. The number of hydrogen-bond donors (Lipinski definition) is 1. The largest absolute Gasteiger partial charge is 0.261 e. The minimum absolute atomic E-state index is 0.293. The summed E-state index contributed by atoms with van der Waals surface area (Å²) in [5.74, 6) is -0.293. The zero-order valence-electron chi connectivity index (χ0n) is 5.93. The van der Waals surface area contributed by atoms with Gasteiger partial charge in [0.1, 0.15) is 5.82 Å². The van der Waals surface area contributed by atoms with Gasteiger partial charge in [-0.15, -0.1) is 0 Å². The van der Waals surface area contributed by atoms with Crippen LogP contribution >= 0.6 is 0 Å². The average Bonchev–Trinajstić information content (AvgIpc) is 2.36. The average molecular weight is 151 g/mol. The van der Waals surface area contributed by atoms with E-state index in [1.807, 2.05) is 0 Å². The summed E-state index contributed by atoms with van der Waals surface area (Å²) in [5.41, 5.74) is 1.02. The SMILES string of the molecule is Cc1nc2[nH]ncc2cc1F. The third-order valence-electron chi connectivity index (χ3n) is 1.55. The van der Waals surface area contributed by atoms with E-state index in [4.69, 9.17) is 0 Å². The van der Waals surface area contributed by atoms with Gasteiger partial charge in [-0.25, -0.2) is 9.37 Å². The van der Waals surface area contributed by atoms with E-state index in [0.717, 1.165) is 0 Å². The summed E-state index contributed by atoms with van der Waals surface area (Å²) in [4.78, 5) is 3.94. The molecular formula is C7H6FN3. The first-order valence-corrected chi connectivity index (χ1v) is 3.23. The summed E-state index contributed by atoms with van der Waals surface area (Å²) in [7, 11) is 0. The third-order valence-corrected chi connectivity index (χ3v) is 1.55. The molecule has 0 saturated heterocycles. The zero-order valence-corrected chi connectivity index (χ0v) is 5.93. The maximum absolute atomic E-state index is 12.8. The molecular weight excluding hydrogens is 145 g/mol. The number of aromatic nitrogens is 3. The van der Waals surface area contributed by atoms with Gasteiger partial charge < -0.3 is 0 Å². The molecule has 0 radical (unpaired) electrons. The van der Waals surface area contributed by atoms with Crippen LogP contribution in [0.5, 0.6) is 0 Å². The van der Waals surface area contributed by atoms with Crippen molar-refractivity contribution in [2.45, 2.75) is 6.92 Å². The number of rotatable bonds is 0. The minimum Gasteiger partial charge on any atom is -0.261 e. The zero-order chi connectivity index (χ0) is 7.84. The lowest BCUT2D eigenvalue weighted by Gasteiger charge is -1.93. The maximum Gasteiger partial charge on any atom is 0.155 e. The van der Waals surface area contributed by atoms with Crippen LogP contribution < -0.4 is 0 Å². The quantitative estimate of drug-likeness (QED) is 0.618. The van der Waals surface area contributed by atoms with Crippen molar-refractivity contribution < 1.29 is 4.39 Å². The molecule has 0 atom stereocenters. The molecule has 0 aliphatic carbocycles. The Kier molecular flexibility index (Phi) is 1.15. The molecule has 0 bridgehead atoms. The van der Waals surface area contributed by atoms with Gasteiger partial charge in [-0.2, -0.15) is 5.10 Å². The monoisotopic (exact) mass is 151 g/mol.